The Kier molecular flexibility index (Phi) is 7.43. The molecule has 1 aliphatic heterocycles. The van der Waals surface area contributed by atoms with Crippen molar-refractivity contribution in [2.45, 2.75) is 42.5 Å². The predicted molar refractivity (Wildman–Crippen MR) is 130 cm³/mol. The Morgan fingerprint density at radius 2 is 1.75 bits per heavy atom. The molecule has 1 saturated heterocycles. The lowest BCUT2D eigenvalue weighted by Gasteiger charge is -2.32. The van der Waals surface area contributed by atoms with Crippen LogP contribution in [0.4, 0.5) is 5.82 Å². The number of benzene rings is 2. The molecule has 2 aromatic carbocycles. The number of aryl methyl sites for hydroxylation is 1. The van der Waals surface area contributed by atoms with E-state index in [1.54, 1.807) is 11.8 Å². The second-order valence-electron chi connectivity index (χ2n) is 8.46. The summed E-state index contributed by atoms with van der Waals surface area (Å²) in [5.74, 6) is 1.43. The number of amides is 1. The van der Waals surface area contributed by atoms with Gasteiger partial charge in [-0.15, -0.1) is 10.2 Å². The summed E-state index contributed by atoms with van der Waals surface area (Å²) in [4.78, 5) is 16.0. The van der Waals surface area contributed by atoms with Crippen LogP contribution in [0.25, 0.3) is 0 Å². The van der Waals surface area contributed by atoms with E-state index < -0.39 is 0 Å². The van der Waals surface area contributed by atoms with Crippen LogP contribution in [0.5, 0.6) is 0 Å². The topological polar surface area (TPSA) is 58.1 Å². The SMILES string of the molecule is Cc1ccc(Sc2ccc(N3CCC(C(=O)NC[C@H](C)c4ccccc4)CC3)nn2)cc1. The number of aromatic nitrogens is 2. The second-order valence-corrected chi connectivity index (χ2v) is 9.56. The van der Waals surface area contributed by atoms with Gasteiger partial charge in [-0.2, -0.15) is 0 Å². The molecule has 1 aromatic heterocycles. The lowest BCUT2D eigenvalue weighted by Crippen LogP contribution is -2.41. The van der Waals surface area contributed by atoms with Crippen LogP contribution in [0.2, 0.25) is 0 Å². The molecule has 0 spiro atoms. The van der Waals surface area contributed by atoms with Gasteiger partial charge in [0.25, 0.3) is 0 Å². The van der Waals surface area contributed by atoms with Gasteiger partial charge in [0, 0.05) is 30.4 Å². The van der Waals surface area contributed by atoms with Gasteiger partial charge in [-0.05, 0) is 55.5 Å². The van der Waals surface area contributed by atoms with Crippen LogP contribution in [0.3, 0.4) is 0 Å². The summed E-state index contributed by atoms with van der Waals surface area (Å²) in [6.07, 6.45) is 1.68. The number of piperidine rings is 1. The van der Waals surface area contributed by atoms with Crippen molar-refractivity contribution in [2.24, 2.45) is 5.92 Å². The molecule has 1 aliphatic rings. The Morgan fingerprint density at radius 3 is 2.41 bits per heavy atom. The van der Waals surface area contributed by atoms with E-state index in [1.165, 1.54) is 11.1 Å². The molecule has 2 heterocycles. The summed E-state index contributed by atoms with van der Waals surface area (Å²) in [7, 11) is 0. The number of rotatable bonds is 7. The quantitative estimate of drug-likeness (QED) is 0.549. The van der Waals surface area contributed by atoms with Crippen molar-refractivity contribution in [2.75, 3.05) is 24.5 Å². The normalized spacial score (nSPS) is 15.4. The highest BCUT2D eigenvalue weighted by Crippen LogP contribution is 2.27. The fourth-order valence-electron chi connectivity index (χ4n) is 3.93. The van der Waals surface area contributed by atoms with E-state index >= 15 is 0 Å². The van der Waals surface area contributed by atoms with Gasteiger partial charge < -0.3 is 10.2 Å². The Balaban J connectivity index is 1.24. The van der Waals surface area contributed by atoms with E-state index in [0.29, 0.717) is 12.5 Å². The minimum atomic E-state index is 0.0681. The van der Waals surface area contributed by atoms with Crippen molar-refractivity contribution in [3.8, 4) is 0 Å². The van der Waals surface area contributed by atoms with Gasteiger partial charge in [0.2, 0.25) is 5.91 Å². The first-order valence-corrected chi connectivity index (χ1v) is 12.1. The fourth-order valence-corrected chi connectivity index (χ4v) is 4.66. The summed E-state index contributed by atoms with van der Waals surface area (Å²) in [5, 5.41) is 12.9. The molecular weight excluding hydrogens is 416 g/mol. The van der Waals surface area contributed by atoms with Crippen LogP contribution in [0, 0.1) is 12.8 Å². The average molecular weight is 447 g/mol. The molecule has 5 nitrogen and oxygen atoms in total. The van der Waals surface area contributed by atoms with Crippen LogP contribution >= 0.6 is 11.8 Å². The summed E-state index contributed by atoms with van der Waals surface area (Å²) in [6.45, 7) is 6.56. The molecule has 166 valence electrons. The van der Waals surface area contributed by atoms with Crippen LogP contribution in [0.15, 0.2) is 76.7 Å². The van der Waals surface area contributed by atoms with Crippen molar-refractivity contribution in [1.82, 2.24) is 15.5 Å². The van der Waals surface area contributed by atoms with Crippen molar-refractivity contribution in [3.63, 3.8) is 0 Å². The maximum Gasteiger partial charge on any atom is 0.223 e. The van der Waals surface area contributed by atoms with Crippen molar-refractivity contribution in [1.29, 1.82) is 0 Å². The van der Waals surface area contributed by atoms with Gasteiger partial charge in [0.05, 0.1) is 0 Å². The zero-order chi connectivity index (χ0) is 22.3. The molecule has 1 atom stereocenters. The number of nitrogens with zero attached hydrogens (tertiary/aromatic N) is 3. The predicted octanol–water partition coefficient (Wildman–Crippen LogP) is 5.07. The van der Waals surface area contributed by atoms with Gasteiger partial charge in [0.1, 0.15) is 5.03 Å². The molecule has 3 aromatic rings. The van der Waals surface area contributed by atoms with Gasteiger partial charge in [-0.25, -0.2) is 0 Å². The molecule has 4 rings (SSSR count). The maximum absolute atomic E-state index is 12.7. The highest BCUT2D eigenvalue weighted by molar-refractivity contribution is 7.99. The van der Waals surface area contributed by atoms with Gasteiger partial charge in [-0.3, -0.25) is 4.79 Å². The molecule has 1 fully saturated rings. The van der Waals surface area contributed by atoms with Crippen LogP contribution in [-0.2, 0) is 4.79 Å². The first-order chi connectivity index (χ1) is 15.6. The van der Waals surface area contributed by atoms with Gasteiger partial charge in [0.15, 0.2) is 5.82 Å². The lowest BCUT2D eigenvalue weighted by atomic mass is 9.95. The largest absolute Gasteiger partial charge is 0.355 e. The molecule has 0 bridgehead atoms. The second kappa shape index (κ2) is 10.6. The summed E-state index contributed by atoms with van der Waals surface area (Å²) in [5.41, 5.74) is 2.50. The molecule has 0 aliphatic carbocycles. The minimum Gasteiger partial charge on any atom is -0.355 e. The van der Waals surface area contributed by atoms with E-state index in [2.05, 4.69) is 70.7 Å². The van der Waals surface area contributed by atoms with Gasteiger partial charge >= 0.3 is 0 Å². The number of carbonyl (C=O) groups excluding carboxylic acids is 1. The number of hydrogen-bond acceptors (Lipinski definition) is 5. The zero-order valence-corrected chi connectivity index (χ0v) is 19.5. The van der Waals surface area contributed by atoms with Crippen molar-refractivity contribution in [3.05, 3.63) is 77.9 Å². The Hall–Kier alpha value is -2.86. The third kappa shape index (κ3) is 5.88. The third-order valence-corrected chi connectivity index (χ3v) is 6.94. The number of nitrogens with one attached hydrogen (secondary N) is 1. The zero-order valence-electron chi connectivity index (χ0n) is 18.7. The highest BCUT2D eigenvalue weighted by atomic mass is 32.2. The van der Waals surface area contributed by atoms with E-state index in [9.17, 15) is 4.79 Å². The smallest absolute Gasteiger partial charge is 0.223 e. The van der Waals surface area contributed by atoms with Crippen LogP contribution in [-0.4, -0.2) is 35.7 Å². The number of anilines is 1. The molecular formula is C26H30N4OS. The lowest BCUT2D eigenvalue weighted by molar-refractivity contribution is -0.125. The first kappa shape index (κ1) is 22.3. The number of carbonyl (C=O) groups is 1. The molecule has 1 N–H and O–H groups in total. The standard InChI is InChI=1S/C26H30N4OS/c1-19-8-10-23(11-9-19)32-25-13-12-24(28-29-25)30-16-14-22(15-17-30)26(31)27-18-20(2)21-6-4-3-5-7-21/h3-13,20,22H,14-18H2,1-2H3,(H,27,31)/t20-/m0/s1. The molecule has 6 heteroatoms. The number of hydrogen-bond donors (Lipinski definition) is 1. The molecule has 0 saturated carbocycles. The van der Waals surface area contributed by atoms with E-state index in [0.717, 1.165) is 41.7 Å². The Morgan fingerprint density at radius 1 is 1.03 bits per heavy atom. The third-order valence-electron chi connectivity index (χ3n) is 6.01. The highest BCUT2D eigenvalue weighted by Gasteiger charge is 2.26. The summed E-state index contributed by atoms with van der Waals surface area (Å²) >= 11 is 1.62. The fraction of sp³-hybridized carbons (Fsp3) is 0.346. The Bertz CT molecular complexity index is 1000. The summed E-state index contributed by atoms with van der Waals surface area (Å²) < 4.78 is 0. The minimum absolute atomic E-state index is 0.0681. The molecule has 1 amide bonds. The van der Waals surface area contributed by atoms with Crippen molar-refractivity contribution < 1.29 is 4.79 Å². The molecule has 0 unspecified atom stereocenters. The Labute approximate surface area is 194 Å². The molecule has 32 heavy (non-hydrogen) atoms. The first-order valence-electron chi connectivity index (χ1n) is 11.2. The molecule has 0 radical (unpaired) electrons. The van der Waals surface area contributed by atoms with E-state index in [4.69, 9.17) is 0 Å². The maximum atomic E-state index is 12.7. The van der Waals surface area contributed by atoms with E-state index in [1.807, 2.05) is 30.3 Å². The van der Waals surface area contributed by atoms with Crippen LogP contribution < -0.4 is 10.2 Å². The van der Waals surface area contributed by atoms with Gasteiger partial charge in [-0.1, -0.05) is 66.7 Å². The summed E-state index contributed by atoms with van der Waals surface area (Å²) in [6, 6.07) is 22.8. The van der Waals surface area contributed by atoms with Crippen LogP contribution in [0.1, 0.15) is 36.8 Å². The average Bonchev–Trinajstić information content (AvgIpc) is 2.85. The van der Waals surface area contributed by atoms with E-state index in [-0.39, 0.29) is 11.8 Å². The monoisotopic (exact) mass is 446 g/mol. The van der Waals surface area contributed by atoms with Crippen molar-refractivity contribution >= 4 is 23.5 Å².